The Bertz CT molecular complexity index is 903. The van der Waals surface area contributed by atoms with E-state index in [1.807, 2.05) is 30.9 Å². The van der Waals surface area contributed by atoms with Crippen LogP contribution in [0.3, 0.4) is 0 Å². The number of rotatable bonds is 6. The average molecular weight is 526 g/mol. The zero-order chi connectivity index (χ0) is 25.0. The number of methoxy groups -OCH3 is 2. The zero-order valence-corrected chi connectivity index (χ0v) is 22.4. The van der Waals surface area contributed by atoms with E-state index in [9.17, 15) is 9.59 Å². The summed E-state index contributed by atoms with van der Waals surface area (Å²) in [6, 6.07) is 7.41. The average Bonchev–Trinajstić information content (AvgIpc) is 2.81. The maximum absolute atomic E-state index is 13.6. The number of hydrogen-bond donors (Lipinski definition) is 1. The van der Waals surface area contributed by atoms with Gasteiger partial charge in [-0.25, -0.2) is 4.99 Å². The fourth-order valence-corrected chi connectivity index (χ4v) is 5.30. The van der Waals surface area contributed by atoms with Gasteiger partial charge in [-0.15, -0.1) is 0 Å². The minimum atomic E-state index is -0.610. The van der Waals surface area contributed by atoms with E-state index in [-0.39, 0.29) is 36.1 Å². The number of carbonyl (C=O) groups excluding carboxylic acids is 2. The predicted octanol–water partition coefficient (Wildman–Crippen LogP) is 4.06. The lowest BCUT2D eigenvalue weighted by Crippen LogP contribution is -2.57. The van der Waals surface area contributed by atoms with Crippen molar-refractivity contribution < 1.29 is 24.5 Å². The van der Waals surface area contributed by atoms with Crippen LogP contribution in [-0.4, -0.2) is 67.7 Å². The maximum atomic E-state index is 13.6. The summed E-state index contributed by atoms with van der Waals surface area (Å²) in [4.78, 5) is 33.1. The third-order valence-corrected chi connectivity index (χ3v) is 7.39. The lowest BCUT2D eigenvalue weighted by atomic mass is 9.70. The Hall–Kier alpha value is -2.16. The van der Waals surface area contributed by atoms with Crippen molar-refractivity contribution in [3.05, 3.63) is 34.9 Å². The highest BCUT2D eigenvalue weighted by Gasteiger charge is 2.41. The molecule has 0 saturated carbocycles. The van der Waals surface area contributed by atoms with E-state index in [1.165, 1.54) is 12.7 Å². The summed E-state index contributed by atoms with van der Waals surface area (Å²) < 4.78 is 10.7. The van der Waals surface area contributed by atoms with E-state index in [1.54, 1.807) is 7.11 Å². The number of piperidine rings is 1. The molecule has 4 atom stereocenters. The molecule has 1 aromatic carbocycles. The molecule has 0 spiro atoms. The first kappa shape index (κ1) is 31.9. The molecule has 8 nitrogen and oxygen atoms in total. The Labute approximate surface area is 221 Å². The Balaban J connectivity index is 0.00000324. The molecule has 2 heterocycles. The highest BCUT2D eigenvalue weighted by atomic mass is 35.5. The van der Waals surface area contributed by atoms with Gasteiger partial charge in [0.2, 0.25) is 11.8 Å². The highest BCUT2D eigenvalue weighted by molar-refractivity contribution is 6.30. The number of aliphatic imine (C=N–C) groups is 1. The molecule has 0 bridgehead atoms. The van der Waals surface area contributed by atoms with Crippen LogP contribution in [0.15, 0.2) is 29.3 Å². The molecule has 2 aliphatic heterocycles. The second-order valence-corrected chi connectivity index (χ2v) is 10.8. The van der Waals surface area contributed by atoms with Gasteiger partial charge in [0.25, 0.3) is 0 Å². The molecule has 1 saturated heterocycles. The van der Waals surface area contributed by atoms with Gasteiger partial charge in [0, 0.05) is 31.6 Å². The number of carbonyl (C=O) groups is 2. The van der Waals surface area contributed by atoms with Gasteiger partial charge >= 0.3 is 0 Å². The molecule has 9 heteroatoms. The smallest absolute Gasteiger partial charge is 0.245 e. The monoisotopic (exact) mass is 525 g/mol. The second kappa shape index (κ2) is 13.4. The Morgan fingerprint density at radius 2 is 1.81 bits per heavy atom. The lowest BCUT2D eigenvalue weighted by molar-refractivity contribution is -0.142. The van der Waals surface area contributed by atoms with Crippen LogP contribution in [0.5, 0.6) is 0 Å². The highest BCUT2D eigenvalue weighted by Crippen LogP contribution is 2.42. The third-order valence-electron chi connectivity index (χ3n) is 7.14. The number of hydrogen-bond acceptors (Lipinski definition) is 5. The Morgan fingerprint density at radius 1 is 1.17 bits per heavy atom. The minimum absolute atomic E-state index is 0. The third kappa shape index (κ3) is 7.20. The molecule has 3 rings (SSSR count). The predicted molar refractivity (Wildman–Crippen MR) is 144 cm³/mol. The summed E-state index contributed by atoms with van der Waals surface area (Å²) in [5.41, 5.74) is 1.14. The Kier molecular flexibility index (Phi) is 11.9. The summed E-state index contributed by atoms with van der Waals surface area (Å²) in [7, 11) is 3.10. The second-order valence-electron chi connectivity index (χ2n) is 10.4. The van der Waals surface area contributed by atoms with Gasteiger partial charge in [0.15, 0.2) is 12.1 Å². The van der Waals surface area contributed by atoms with Gasteiger partial charge in [-0.3, -0.25) is 9.59 Å². The molecule has 36 heavy (non-hydrogen) atoms. The van der Waals surface area contributed by atoms with Gasteiger partial charge in [0.1, 0.15) is 6.04 Å². The maximum Gasteiger partial charge on any atom is 0.245 e. The van der Waals surface area contributed by atoms with Crippen LogP contribution >= 0.6 is 11.6 Å². The van der Waals surface area contributed by atoms with Gasteiger partial charge in [0.05, 0.1) is 13.0 Å². The number of halogens is 1. The van der Waals surface area contributed by atoms with Crippen LogP contribution < -0.4 is 5.32 Å². The first-order valence-corrected chi connectivity index (χ1v) is 12.4. The summed E-state index contributed by atoms with van der Waals surface area (Å²) in [5.74, 6) is 0.183. The van der Waals surface area contributed by atoms with Crippen molar-refractivity contribution in [2.24, 2.45) is 22.2 Å². The van der Waals surface area contributed by atoms with Crippen LogP contribution in [0.1, 0.15) is 65.9 Å². The quantitative estimate of drug-likeness (QED) is 0.603. The number of ether oxygens (including phenoxy) is 2. The van der Waals surface area contributed by atoms with Crippen molar-refractivity contribution in [3.63, 3.8) is 0 Å². The lowest BCUT2D eigenvalue weighted by Gasteiger charge is -2.46. The first-order valence-electron chi connectivity index (χ1n) is 12.1. The van der Waals surface area contributed by atoms with Crippen molar-refractivity contribution in [1.82, 2.24) is 10.2 Å². The van der Waals surface area contributed by atoms with Crippen molar-refractivity contribution in [1.29, 1.82) is 0 Å². The van der Waals surface area contributed by atoms with Gasteiger partial charge in [-0.1, -0.05) is 58.9 Å². The van der Waals surface area contributed by atoms with E-state index in [0.29, 0.717) is 37.7 Å². The van der Waals surface area contributed by atoms with Gasteiger partial charge in [-0.05, 0) is 47.8 Å². The van der Waals surface area contributed by atoms with Gasteiger partial charge < -0.3 is 25.2 Å². The van der Waals surface area contributed by atoms with E-state index in [4.69, 9.17) is 21.1 Å². The van der Waals surface area contributed by atoms with Crippen LogP contribution in [0, 0.1) is 17.3 Å². The summed E-state index contributed by atoms with van der Waals surface area (Å²) in [6.45, 7) is 9.61. The van der Waals surface area contributed by atoms with Crippen LogP contribution in [0.25, 0.3) is 0 Å². The van der Waals surface area contributed by atoms with E-state index in [0.717, 1.165) is 11.4 Å². The molecule has 1 aromatic rings. The standard InChI is InChI=1S/C26H38ClN3O4.CH4.H2O/c1-16(2)22(29-23(31)19-11-12-21(33-5)28-24(19)34-6)25(32)30-14-13-20(26(3,4)15-30)17-7-9-18(27)10-8-17;;/h7-10,16,19-20,22,24H,11-15H2,1-6H3,(H,29,31);1H4;1H2/t19?,20-,22-,24?;;/m1../s1. The number of likely N-dealkylation sites (tertiary alicyclic amines) is 1. The Morgan fingerprint density at radius 3 is 2.33 bits per heavy atom. The van der Waals surface area contributed by atoms with E-state index in [2.05, 4.69) is 36.3 Å². The first-order chi connectivity index (χ1) is 16.1. The van der Waals surface area contributed by atoms with Gasteiger partial charge in [-0.2, -0.15) is 0 Å². The zero-order valence-electron chi connectivity index (χ0n) is 21.6. The molecule has 3 N–H and O–H groups in total. The molecular weight excluding hydrogens is 482 g/mol. The summed E-state index contributed by atoms with van der Waals surface area (Å²) >= 11 is 6.07. The number of amides is 2. The molecule has 1 fully saturated rings. The number of nitrogens with zero attached hydrogens (tertiary/aromatic N) is 2. The topological polar surface area (TPSA) is 112 Å². The van der Waals surface area contributed by atoms with Crippen molar-refractivity contribution in [3.8, 4) is 0 Å². The molecular formula is C27H44ClN3O5. The number of benzene rings is 1. The van der Waals surface area contributed by atoms with Crippen LogP contribution in [-0.2, 0) is 19.1 Å². The van der Waals surface area contributed by atoms with E-state index >= 15 is 0 Å². The van der Waals surface area contributed by atoms with Crippen LogP contribution in [0.4, 0.5) is 0 Å². The fraction of sp³-hybridized carbons (Fsp3) is 0.667. The molecule has 0 radical (unpaired) electrons. The minimum Gasteiger partial charge on any atom is -0.484 e. The summed E-state index contributed by atoms with van der Waals surface area (Å²) in [5, 5.41) is 3.75. The van der Waals surface area contributed by atoms with E-state index < -0.39 is 18.2 Å². The van der Waals surface area contributed by atoms with Crippen LogP contribution in [0.2, 0.25) is 5.02 Å². The molecule has 2 amide bonds. The largest absolute Gasteiger partial charge is 0.484 e. The molecule has 0 aliphatic carbocycles. The fourth-order valence-electron chi connectivity index (χ4n) is 5.18. The summed E-state index contributed by atoms with van der Waals surface area (Å²) in [6.07, 6.45) is 1.39. The normalized spacial score (nSPS) is 24.1. The number of nitrogens with one attached hydrogen (secondary N) is 1. The van der Waals surface area contributed by atoms with Crippen molar-refractivity contribution >= 4 is 29.3 Å². The molecule has 204 valence electrons. The SMILES string of the molecule is C.COC1=NC(OC)C(C(=O)N[C@@H](C(=O)N2CC[C@H](c3ccc(Cl)cc3)C(C)(C)C2)C(C)C)CC1.O. The van der Waals surface area contributed by atoms with Crippen molar-refractivity contribution in [2.45, 2.75) is 72.6 Å². The van der Waals surface area contributed by atoms with Crippen molar-refractivity contribution in [2.75, 3.05) is 27.3 Å². The molecule has 2 aliphatic rings. The molecule has 2 unspecified atom stereocenters. The molecule has 0 aromatic heterocycles.